The van der Waals surface area contributed by atoms with Gasteiger partial charge in [0.25, 0.3) is 0 Å². The number of carbonyl (C=O) groups excluding carboxylic acids is 1. The van der Waals surface area contributed by atoms with Crippen molar-refractivity contribution in [2.75, 3.05) is 13.2 Å². The van der Waals surface area contributed by atoms with Gasteiger partial charge in [0.1, 0.15) is 0 Å². The molecular formula is C4H10O4Y3-2. The van der Waals surface area contributed by atoms with Gasteiger partial charge in [0, 0.05) is 98.1 Å². The Kier molecular flexibility index (Phi) is 131. The third-order valence-corrected chi connectivity index (χ3v) is 0.252. The predicted molar refractivity (Wildman–Crippen MR) is 28.8 cm³/mol. The summed E-state index contributed by atoms with van der Waals surface area (Å²) in [6, 6.07) is 0. The van der Waals surface area contributed by atoms with Crippen LogP contribution >= 0.6 is 0 Å². The van der Waals surface area contributed by atoms with Crippen LogP contribution < -0.4 is 0 Å². The van der Waals surface area contributed by atoms with Crippen molar-refractivity contribution >= 4 is 6.47 Å². The monoisotopic (exact) mass is 389 g/mol. The molecule has 0 aliphatic heterocycles. The minimum atomic E-state index is -0.130. The molecule has 11 heavy (non-hydrogen) atoms. The smallest absolute Gasteiger partial charge is 0.0738 e. The van der Waals surface area contributed by atoms with Gasteiger partial charge in [0.15, 0.2) is 0 Å². The molecule has 0 heterocycles. The first-order valence-electron chi connectivity index (χ1n) is 1.51. The zero-order valence-electron chi connectivity index (χ0n) is 6.41. The Morgan fingerprint density at radius 3 is 1.73 bits per heavy atom. The summed E-state index contributed by atoms with van der Waals surface area (Å²) in [5, 5.41) is 7.89. The number of aliphatic hydroxyl groups excluding tert-OH is 1. The maximum atomic E-state index is 9.11. The Balaban J connectivity index is -0.0000000125. The Bertz CT molecular complexity index is 46.3. The second-order valence-corrected chi connectivity index (χ2v) is 0.655. The van der Waals surface area contributed by atoms with Crippen molar-refractivity contribution in [2.45, 2.75) is 0 Å². The van der Waals surface area contributed by atoms with Crippen molar-refractivity contribution in [1.29, 1.82) is 0 Å². The molecule has 0 saturated heterocycles. The number of hydrogen-bond acceptors (Lipinski definition) is 3. The Morgan fingerprint density at radius 1 is 1.27 bits per heavy atom. The fourth-order valence-electron chi connectivity index (χ4n) is 0.0873. The summed E-state index contributed by atoms with van der Waals surface area (Å²) in [6.07, 6.45) is 0. The van der Waals surface area contributed by atoms with Crippen LogP contribution in [0.4, 0.5) is 0 Å². The van der Waals surface area contributed by atoms with Crippen LogP contribution in [0.15, 0.2) is 0 Å². The Hall–Kier alpha value is 2.70. The Morgan fingerprint density at radius 2 is 1.64 bits per heavy atom. The van der Waals surface area contributed by atoms with Crippen molar-refractivity contribution in [2.24, 2.45) is 0 Å². The van der Waals surface area contributed by atoms with Gasteiger partial charge >= 0.3 is 0 Å². The third kappa shape index (κ3) is 44.7. The third-order valence-electron chi connectivity index (χ3n) is 0.252. The molecule has 0 aromatic carbocycles. The van der Waals surface area contributed by atoms with Crippen LogP contribution in [0, 0.1) is 7.43 Å². The van der Waals surface area contributed by atoms with Gasteiger partial charge in [-0.1, -0.05) is 6.47 Å². The minimum absolute atomic E-state index is 0. The predicted octanol–water partition coefficient (Wildman–Crippen LogP) is -1.32. The molecule has 0 aliphatic carbocycles. The van der Waals surface area contributed by atoms with Crippen LogP contribution in [0.25, 0.3) is 0 Å². The summed E-state index contributed by atoms with van der Waals surface area (Å²) in [6.45, 7) is 1.07. The van der Waals surface area contributed by atoms with E-state index in [4.69, 9.17) is 9.90 Å². The van der Waals surface area contributed by atoms with Crippen LogP contribution in [0.5, 0.6) is 0 Å². The van der Waals surface area contributed by atoms with Crippen molar-refractivity contribution < 1.29 is 118 Å². The van der Waals surface area contributed by atoms with E-state index in [-0.39, 0.29) is 124 Å². The van der Waals surface area contributed by atoms with Crippen molar-refractivity contribution in [1.82, 2.24) is 0 Å². The zero-order chi connectivity index (χ0) is 4.83. The molecule has 0 spiro atoms. The van der Waals surface area contributed by atoms with Gasteiger partial charge in [0.2, 0.25) is 0 Å². The Labute approximate surface area is 143 Å². The molecule has 0 atom stereocenters. The SMILES string of the molecule is O.O=[C-]OCCO.[CH3-].[Y].[Y].[Y]. The molecule has 0 rings (SSSR count). The summed E-state index contributed by atoms with van der Waals surface area (Å²) < 4.78 is 3.93. The standard InChI is InChI=1S/C3H5O3.CH3.H2O.3Y/c4-1-2-6-3-5;;;;;/h4H,1-2H2;1H3;1H2;;;/q2*-1;;;;. The van der Waals surface area contributed by atoms with E-state index in [0.717, 1.165) is 6.47 Å². The number of hydrogen-bond donors (Lipinski definition) is 1. The molecule has 0 unspecified atom stereocenters. The van der Waals surface area contributed by atoms with Crippen LogP contribution in [0.3, 0.4) is 0 Å². The summed E-state index contributed by atoms with van der Waals surface area (Å²) >= 11 is 0. The van der Waals surface area contributed by atoms with Crippen LogP contribution in [0.1, 0.15) is 0 Å². The maximum absolute atomic E-state index is 9.11. The van der Waals surface area contributed by atoms with Gasteiger partial charge in [-0.2, -0.15) is 0 Å². The summed E-state index contributed by atoms with van der Waals surface area (Å²) in [5.74, 6) is 0. The van der Waals surface area contributed by atoms with E-state index >= 15 is 0 Å². The van der Waals surface area contributed by atoms with Crippen molar-refractivity contribution in [3.63, 3.8) is 0 Å². The quantitative estimate of drug-likeness (QED) is 0.481. The van der Waals surface area contributed by atoms with Crippen LogP contribution in [-0.4, -0.2) is 30.3 Å². The number of rotatable bonds is 3. The molecule has 0 aliphatic rings. The molecule has 61 valence electrons. The van der Waals surface area contributed by atoms with E-state index in [9.17, 15) is 0 Å². The molecule has 0 bridgehead atoms. The zero-order valence-corrected chi connectivity index (χ0v) is 14.9. The van der Waals surface area contributed by atoms with E-state index < -0.39 is 0 Å². The molecular weight excluding hydrogens is 379 g/mol. The second-order valence-electron chi connectivity index (χ2n) is 0.655. The van der Waals surface area contributed by atoms with E-state index in [1.165, 1.54) is 0 Å². The van der Waals surface area contributed by atoms with E-state index in [2.05, 4.69) is 4.74 Å². The normalized spacial score (nSPS) is 4.09. The molecule has 0 fully saturated rings. The molecule has 0 aromatic rings. The fraction of sp³-hybridized carbons (Fsp3) is 0.500. The van der Waals surface area contributed by atoms with Crippen LogP contribution in [0.2, 0.25) is 0 Å². The first-order valence-corrected chi connectivity index (χ1v) is 1.51. The molecule has 0 aromatic heterocycles. The molecule has 0 amide bonds. The fourth-order valence-corrected chi connectivity index (χ4v) is 0.0873. The van der Waals surface area contributed by atoms with Crippen LogP contribution in [-0.2, 0) is 108 Å². The number of aliphatic hydroxyl groups is 1. The van der Waals surface area contributed by atoms with Gasteiger partial charge in [-0.15, -0.1) is 0 Å². The summed E-state index contributed by atoms with van der Waals surface area (Å²) in [7, 11) is 0. The molecule has 3 radical (unpaired) electrons. The first kappa shape index (κ1) is 37.3. The minimum Gasteiger partial charge on any atom is -0.651 e. The first-order chi connectivity index (χ1) is 2.91. The summed E-state index contributed by atoms with van der Waals surface area (Å²) in [5.41, 5.74) is 0. The van der Waals surface area contributed by atoms with Gasteiger partial charge in [-0.05, 0) is 0 Å². The van der Waals surface area contributed by atoms with E-state index in [0.29, 0.717) is 0 Å². The topological polar surface area (TPSA) is 78.0 Å². The maximum Gasteiger partial charge on any atom is 0.0738 e. The number of ether oxygens (including phenoxy) is 1. The molecule has 0 saturated carbocycles. The van der Waals surface area contributed by atoms with Crippen molar-refractivity contribution in [3.05, 3.63) is 7.43 Å². The molecule has 3 N–H and O–H groups in total. The average molecular weight is 389 g/mol. The average Bonchev–Trinajstić information content (AvgIpc) is 1.61. The largest absolute Gasteiger partial charge is 0.651 e. The van der Waals surface area contributed by atoms with Gasteiger partial charge in [0.05, 0.1) is 13.2 Å². The molecule has 7 heteroatoms. The van der Waals surface area contributed by atoms with Gasteiger partial charge in [-0.25, -0.2) is 0 Å². The van der Waals surface area contributed by atoms with Gasteiger partial charge in [-0.3, -0.25) is 0 Å². The molecule has 4 nitrogen and oxygen atoms in total. The van der Waals surface area contributed by atoms with Crippen molar-refractivity contribution in [3.8, 4) is 0 Å². The van der Waals surface area contributed by atoms with Gasteiger partial charge < -0.3 is 27.5 Å². The summed E-state index contributed by atoms with van der Waals surface area (Å²) in [4.78, 5) is 9.11. The van der Waals surface area contributed by atoms with E-state index in [1.54, 1.807) is 0 Å². The van der Waals surface area contributed by atoms with E-state index in [1.807, 2.05) is 0 Å². The second kappa shape index (κ2) is 38.7.